The van der Waals surface area contributed by atoms with Crippen molar-refractivity contribution in [3.63, 3.8) is 0 Å². The number of ether oxygens (including phenoxy) is 2. The first-order chi connectivity index (χ1) is 11.4. The maximum atomic E-state index is 12.5. The van der Waals surface area contributed by atoms with E-state index in [-0.39, 0.29) is 5.91 Å². The van der Waals surface area contributed by atoms with Crippen molar-refractivity contribution >= 4 is 23.2 Å². The van der Waals surface area contributed by atoms with Gasteiger partial charge in [-0.1, -0.05) is 31.5 Å². The minimum absolute atomic E-state index is 0.228. The number of amides is 1. The Hall–Kier alpha value is -2.20. The zero-order valence-corrected chi connectivity index (χ0v) is 15.1. The van der Waals surface area contributed by atoms with Crippen LogP contribution in [0.1, 0.15) is 29.8 Å². The van der Waals surface area contributed by atoms with Gasteiger partial charge in [0.1, 0.15) is 0 Å². The molecule has 2 aromatic carbocycles. The van der Waals surface area contributed by atoms with Gasteiger partial charge in [0.15, 0.2) is 11.5 Å². The summed E-state index contributed by atoms with van der Waals surface area (Å²) >= 11 is 5.99. The maximum Gasteiger partial charge on any atom is 0.255 e. The number of hydrogen-bond acceptors (Lipinski definition) is 3. The molecule has 2 rings (SSSR count). The number of halogens is 1. The van der Waals surface area contributed by atoms with Crippen LogP contribution in [0, 0.1) is 12.8 Å². The number of aryl methyl sites for hydroxylation is 1. The lowest BCUT2D eigenvalue weighted by Gasteiger charge is -2.14. The fourth-order valence-corrected chi connectivity index (χ4v) is 2.28. The minimum atomic E-state index is -0.228. The van der Waals surface area contributed by atoms with E-state index in [9.17, 15) is 4.79 Å². The second kappa shape index (κ2) is 8.06. The van der Waals surface area contributed by atoms with E-state index >= 15 is 0 Å². The van der Waals surface area contributed by atoms with Crippen LogP contribution in [0.2, 0.25) is 5.02 Å². The molecule has 2 aromatic rings. The van der Waals surface area contributed by atoms with Gasteiger partial charge in [-0.15, -0.1) is 0 Å². The van der Waals surface area contributed by atoms with Gasteiger partial charge in [0.25, 0.3) is 5.91 Å². The van der Waals surface area contributed by atoms with Crippen LogP contribution < -0.4 is 14.8 Å². The van der Waals surface area contributed by atoms with Crippen molar-refractivity contribution in [3.05, 3.63) is 52.5 Å². The topological polar surface area (TPSA) is 47.6 Å². The molecular weight excluding hydrogens is 326 g/mol. The van der Waals surface area contributed by atoms with Crippen molar-refractivity contribution in [2.75, 3.05) is 19.0 Å². The van der Waals surface area contributed by atoms with Crippen molar-refractivity contribution in [1.29, 1.82) is 0 Å². The monoisotopic (exact) mass is 347 g/mol. The van der Waals surface area contributed by atoms with E-state index in [1.54, 1.807) is 37.4 Å². The Balaban J connectivity index is 2.19. The van der Waals surface area contributed by atoms with Crippen LogP contribution in [0.25, 0.3) is 0 Å². The van der Waals surface area contributed by atoms with E-state index in [0.29, 0.717) is 40.3 Å². The number of anilines is 1. The van der Waals surface area contributed by atoms with E-state index in [1.807, 2.05) is 13.0 Å². The Labute approximate surface area is 147 Å². The number of methoxy groups -OCH3 is 1. The number of hydrogen-bond donors (Lipinski definition) is 1. The van der Waals surface area contributed by atoms with Gasteiger partial charge >= 0.3 is 0 Å². The summed E-state index contributed by atoms with van der Waals surface area (Å²) in [6.07, 6.45) is 0. The first kappa shape index (κ1) is 18.1. The molecule has 128 valence electrons. The Kier molecular flexibility index (Phi) is 6.10. The van der Waals surface area contributed by atoms with Gasteiger partial charge in [-0.3, -0.25) is 4.79 Å². The van der Waals surface area contributed by atoms with Crippen LogP contribution in [0.4, 0.5) is 5.69 Å². The second-order valence-corrected chi connectivity index (χ2v) is 6.42. The first-order valence-electron chi connectivity index (χ1n) is 7.79. The molecule has 1 N–H and O–H groups in total. The van der Waals surface area contributed by atoms with Crippen LogP contribution in [0.15, 0.2) is 36.4 Å². The number of carbonyl (C=O) groups excluding carboxylic acids is 1. The lowest BCUT2D eigenvalue weighted by molar-refractivity contribution is 0.102. The van der Waals surface area contributed by atoms with Crippen molar-refractivity contribution in [3.8, 4) is 11.5 Å². The molecule has 24 heavy (non-hydrogen) atoms. The van der Waals surface area contributed by atoms with Crippen LogP contribution in [-0.2, 0) is 0 Å². The van der Waals surface area contributed by atoms with E-state index in [2.05, 4.69) is 19.2 Å². The highest BCUT2D eigenvalue weighted by Crippen LogP contribution is 2.29. The predicted octanol–water partition coefficient (Wildman–Crippen LogP) is 4.94. The summed E-state index contributed by atoms with van der Waals surface area (Å²) < 4.78 is 11.0. The van der Waals surface area contributed by atoms with E-state index < -0.39 is 0 Å². The average Bonchev–Trinajstić information content (AvgIpc) is 2.56. The van der Waals surface area contributed by atoms with Crippen molar-refractivity contribution in [2.24, 2.45) is 5.92 Å². The molecule has 0 saturated heterocycles. The number of benzene rings is 2. The summed E-state index contributed by atoms with van der Waals surface area (Å²) in [5.41, 5.74) is 2.12. The van der Waals surface area contributed by atoms with Gasteiger partial charge in [0, 0.05) is 16.3 Å². The van der Waals surface area contributed by atoms with Gasteiger partial charge in [-0.25, -0.2) is 0 Å². The number of carbonyl (C=O) groups is 1. The van der Waals surface area contributed by atoms with Gasteiger partial charge in [-0.2, -0.15) is 0 Å². The van der Waals surface area contributed by atoms with Crippen LogP contribution >= 0.6 is 11.6 Å². The fraction of sp³-hybridized carbons (Fsp3) is 0.316. The molecule has 0 aliphatic rings. The van der Waals surface area contributed by atoms with E-state index in [1.165, 1.54) is 0 Å². The molecule has 0 heterocycles. The van der Waals surface area contributed by atoms with Crippen LogP contribution in [0.3, 0.4) is 0 Å². The summed E-state index contributed by atoms with van der Waals surface area (Å²) in [5, 5.41) is 3.44. The molecule has 0 atom stereocenters. The standard InChI is InChI=1S/C19H22ClNO3/c1-12(2)11-24-17-8-6-14(9-18(17)23-4)19(22)21-16-10-15(20)7-5-13(16)3/h5-10,12H,11H2,1-4H3,(H,21,22). The molecule has 0 aromatic heterocycles. The molecule has 0 bridgehead atoms. The molecule has 5 heteroatoms. The normalized spacial score (nSPS) is 10.6. The quantitative estimate of drug-likeness (QED) is 0.804. The van der Waals surface area contributed by atoms with Gasteiger partial charge in [0.05, 0.1) is 13.7 Å². The summed E-state index contributed by atoms with van der Waals surface area (Å²) in [5.74, 6) is 1.34. The maximum absolute atomic E-state index is 12.5. The van der Waals surface area contributed by atoms with E-state index in [4.69, 9.17) is 21.1 Å². The smallest absolute Gasteiger partial charge is 0.255 e. The van der Waals surface area contributed by atoms with Crippen molar-refractivity contribution in [2.45, 2.75) is 20.8 Å². The third-order valence-electron chi connectivity index (χ3n) is 3.45. The molecule has 0 radical (unpaired) electrons. The van der Waals surface area contributed by atoms with Crippen LogP contribution in [0.5, 0.6) is 11.5 Å². The molecule has 0 fully saturated rings. The van der Waals surface area contributed by atoms with Crippen LogP contribution in [-0.4, -0.2) is 19.6 Å². The van der Waals surface area contributed by atoms with Gasteiger partial charge < -0.3 is 14.8 Å². The number of rotatable bonds is 6. The molecule has 0 aliphatic heterocycles. The zero-order valence-electron chi connectivity index (χ0n) is 14.4. The highest BCUT2D eigenvalue weighted by molar-refractivity contribution is 6.31. The molecule has 0 saturated carbocycles. The Morgan fingerprint density at radius 3 is 2.58 bits per heavy atom. The zero-order chi connectivity index (χ0) is 17.7. The summed E-state index contributed by atoms with van der Waals surface area (Å²) in [4.78, 5) is 12.5. The van der Waals surface area contributed by atoms with E-state index in [0.717, 1.165) is 5.56 Å². The average molecular weight is 348 g/mol. The lowest BCUT2D eigenvalue weighted by Crippen LogP contribution is -2.13. The minimum Gasteiger partial charge on any atom is -0.493 e. The third-order valence-corrected chi connectivity index (χ3v) is 3.68. The fourth-order valence-electron chi connectivity index (χ4n) is 2.11. The Bertz CT molecular complexity index is 729. The molecule has 0 spiro atoms. The largest absolute Gasteiger partial charge is 0.493 e. The molecular formula is C19H22ClNO3. The number of nitrogens with one attached hydrogen (secondary N) is 1. The molecule has 1 amide bonds. The van der Waals surface area contributed by atoms with Gasteiger partial charge in [0.2, 0.25) is 0 Å². The highest BCUT2D eigenvalue weighted by atomic mass is 35.5. The Morgan fingerprint density at radius 1 is 1.17 bits per heavy atom. The summed E-state index contributed by atoms with van der Waals surface area (Å²) in [6, 6.07) is 10.5. The first-order valence-corrected chi connectivity index (χ1v) is 8.17. The summed E-state index contributed by atoms with van der Waals surface area (Å²) in [7, 11) is 1.56. The highest BCUT2D eigenvalue weighted by Gasteiger charge is 2.13. The second-order valence-electron chi connectivity index (χ2n) is 5.98. The van der Waals surface area contributed by atoms with Crippen molar-refractivity contribution < 1.29 is 14.3 Å². The van der Waals surface area contributed by atoms with Crippen molar-refractivity contribution in [1.82, 2.24) is 0 Å². The predicted molar refractivity (Wildman–Crippen MR) is 97.5 cm³/mol. The molecule has 0 unspecified atom stereocenters. The lowest BCUT2D eigenvalue weighted by atomic mass is 10.1. The summed E-state index contributed by atoms with van der Waals surface area (Å²) in [6.45, 7) is 6.64. The molecule has 4 nitrogen and oxygen atoms in total. The third kappa shape index (κ3) is 4.65. The molecule has 0 aliphatic carbocycles. The SMILES string of the molecule is COc1cc(C(=O)Nc2cc(Cl)ccc2C)ccc1OCC(C)C. The Morgan fingerprint density at radius 2 is 1.92 bits per heavy atom. The van der Waals surface area contributed by atoms with Gasteiger partial charge in [-0.05, 0) is 48.7 Å².